The number of nitrogens with one attached hydrogen (secondary N) is 1. The Morgan fingerprint density at radius 2 is 2.03 bits per heavy atom. The number of amides is 1. The summed E-state index contributed by atoms with van der Waals surface area (Å²) in [6.07, 6.45) is 1.31. The first-order chi connectivity index (χ1) is 14.0. The Kier molecular flexibility index (Phi) is 6.78. The van der Waals surface area contributed by atoms with Crippen molar-refractivity contribution in [1.82, 2.24) is 15.0 Å². The predicted octanol–water partition coefficient (Wildman–Crippen LogP) is 3.48. The van der Waals surface area contributed by atoms with Crippen molar-refractivity contribution in [3.8, 4) is 11.3 Å². The molecule has 3 rings (SSSR count). The van der Waals surface area contributed by atoms with Crippen LogP contribution in [0.3, 0.4) is 0 Å². The maximum absolute atomic E-state index is 12.5. The van der Waals surface area contributed by atoms with Crippen LogP contribution in [-0.4, -0.2) is 38.7 Å². The summed E-state index contributed by atoms with van der Waals surface area (Å²) < 4.78 is 4.89. The highest BCUT2D eigenvalue weighted by Gasteiger charge is 2.20. The molecule has 0 spiro atoms. The molecule has 0 fully saturated rings. The number of hydrogen-bond donors (Lipinski definition) is 2. The van der Waals surface area contributed by atoms with Gasteiger partial charge < -0.3 is 15.8 Å². The smallest absolute Gasteiger partial charge is 0.343 e. The second-order valence-electron chi connectivity index (χ2n) is 5.83. The van der Waals surface area contributed by atoms with Crippen molar-refractivity contribution in [2.75, 3.05) is 17.7 Å². The normalized spacial score (nSPS) is 11.7. The fourth-order valence-electron chi connectivity index (χ4n) is 2.29. The van der Waals surface area contributed by atoms with Crippen LogP contribution in [0.4, 0.5) is 10.9 Å². The lowest BCUT2D eigenvalue weighted by Gasteiger charge is -2.10. The van der Waals surface area contributed by atoms with Crippen molar-refractivity contribution in [3.63, 3.8) is 0 Å². The predicted molar refractivity (Wildman–Crippen MR) is 114 cm³/mol. The topological polar surface area (TPSA) is 120 Å². The van der Waals surface area contributed by atoms with Gasteiger partial charge in [-0.25, -0.2) is 19.7 Å². The SMILES string of the molecule is CCOC(=O)c1cnc(S[C@@H](C)C(=O)Nc2nc(-c3ccccc3)cs2)nc1N. The van der Waals surface area contributed by atoms with Gasteiger partial charge in [-0.1, -0.05) is 42.1 Å². The first-order valence-electron chi connectivity index (χ1n) is 8.76. The molecule has 0 aliphatic carbocycles. The molecule has 10 heteroatoms. The van der Waals surface area contributed by atoms with Gasteiger partial charge >= 0.3 is 5.97 Å². The van der Waals surface area contributed by atoms with Gasteiger partial charge in [0, 0.05) is 17.1 Å². The van der Waals surface area contributed by atoms with E-state index in [4.69, 9.17) is 10.5 Å². The molecule has 150 valence electrons. The summed E-state index contributed by atoms with van der Waals surface area (Å²) in [6, 6.07) is 9.72. The Morgan fingerprint density at radius 3 is 2.72 bits per heavy atom. The minimum absolute atomic E-state index is 0.0148. The molecule has 0 saturated carbocycles. The zero-order valence-electron chi connectivity index (χ0n) is 15.8. The standard InChI is InChI=1S/C19H19N5O3S2/c1-3-27-17(26)13-9-21-18(23-15(13)20)29-11(2)16(25)24-19-22-14(10-28-19)12-7-5-4-6-8-12/h4-11H,3H2,1-2H3,(H2,20,21,23)(H,22,24,25)/t11-/m0/s1. The number of carbonyl (C=O) groups is 2. The molecule has 8 nitrogen and oxygen atoms in total. The Balaban J connectivity index is 1.62. The number of ether oxygens (including phenoxy) is 1. The molecule has 2 aromatic heterocycles. The summed E-state index contributed by atoms with van der Waals surface area (Å²) >= 11 is 2.49. The van der Waals surface area contributed by atoms with Gasteiger partial charge in [0.2, 0.25) is 5.91 Å². The van der Waals surface area contributed by atoms with Crippen molar-refractivity contribution >= 4 is 45.9 Å². The molecule has 2 heterocycles. The molecular formula is C19H19N5O3S2. The Bertz CT molecular complexity index is 1010. The number of anilines is 2. The number of nitrogen functional groups attached to an aromatic ring is 1. The molecule has 29 heavy (non-hydrogen) atoms. The van der Waals surface area contributed by atoms with E-state index in [1.807, 2.05) is 35.7 Å². The van der Waals surface area contributed by atoms with E-state index in [-0.39, 0.29) is 23.9 Å². The summed E-state index contributed by atoms with van der Waals surface area (Å²) in [5.41, 5.74) is 7.70. The first-order valence-corrected chi connectivity index (χ1v) is 10.5. The van der Waals surface area contributed by atoms with Gasteiger partial charge in [0.25, 0.3) is 0 Å². The first kappa shape index (κ1) is 20.7. The van der Waals surface area contributed by atoms with E-state index in [1.165, 1.54) is 17.5 Å². The molecule has 1 amide bonds. The third-order valence-corrected chi connectivity index (χ3v) is 5.48. The molecule has 3 aromatic rings. The van der Waals surface area contributed by atoms with Crippen LogP contribution in [0.15, 0.2) is 47.1 Å². The number of esters is 1. The average molecular weight is 430 g/mol. The fourth-order valence-corrected chi connectivity index (χ4v) is 3.76. The molecule has 0 bridgehead atoms. The number of nitrogens with zero attached hydrogens (tertiary/aromatic N) is 3. The third kappa shape index (κ3) is 5.30. The molecule has 0 aliphatic heterocycles. The van der Waals surface area contributed by atoms with E-state index in [1.54, 1.807) is 13.8 Å². The van der Waals surface area contributed by atoms with Crippen molar-refractivity contribution in [3.05, 3.63) is 47.5 Å². The zero-order valence-corrected chi connectivity index (χ0v) is 17.4. The lowest BCUT2D eigenvalue weighted by atomic mass is 10.2. The fraction of sp³-hybridized carbons (Fsp3) is 0.211. The highest BCUT2D eigenvalue weighted by molar-refractivity contribution is 8.00. The molecular weight excluding hydrogens is 410 g/mol. The minimum Gasteiger partial charge on any atom is -0.462 e. The van der Waals surface area contributed by atoms with Crippen LogP contribution in [0.5, 0.6) is 0 Å². The molecule has 1 atom stereocenters. The van der Waals surface area contributed by atoms with E-state index in [0.717, 1.165) is 23.0 Å². The van der Waals surface area contributed by atoms with E-state index < -0.39 is 11.2 Å². The van der Waals surface area contributed by atoms with Crippen molar-refractivity contribution < 1.29 is 14.3 Å². The van der Waals surface area contributed by atoms with E-state index in [2.05, 4.69) is 20.3 Å². The van der Waals surface area contributed by atoms with Gasteiger partial charge in [0.1, 0.15) is 11.4 Å². The number of thiazole rings is 1. The quantitative estimate of drug-likeness (QED) is 0.333. The Morgan fingerprint density at radius 1 is 1.28 bits per heavy atom. The van der Waals surface area contributed by atoms with Crippen LogP contribution in [0.2, 0.25) is 0 Å². The van der Waals surface area contributed by atoms with E-state index >= 15 is 0 Å². The molecule has 0 aliphatic rings. The summed E-state index contributed by atoms with van der Waals surface area (Å²) in [6.45, 7) is 3.66. The summed E-state index contributed by atoms with van der Waals surface area (Å²) in [5.74, 6) is -0.799. The number of benzene rings is 1. The van der Waals surface area contributed by atoms with Crippen molar-refractivity contribution in [2.45, 2.75) is 24.3 Å². The van der Waals surface area contributed by atoms with Crippen LogP contribution < -0.4 is 11.1 Å². The van der Waals surface area contributed by atoms with Crippen molar-refractivity contribution in [2.24, 2.45) is 0 Å². The molecule has 0 radical (unpaired) electrons. The maximum atomic E-state index is 12.5. The number of carbonyl (C=O) groups excluding carboxylic acids is 2. The molecule has 0 saturated heterocycles. The highest BCUT2D eigenvalue weighted by Crippen LogP contribution is 2.26. The Hall–Kier alpha value is -2.98. The van der Waals surface area contributed by atoms with Crippen LogP contribution in [0.1, 0.15) is 24.2 Å². The number of nitrogens with two attached hydrogens (primary N) is 1. The average Bonchev–Trinajstić information content (AvgIpc) is 3.17. The van der Waals surface area contributed by atoms with E-state index in [9.17, 15) is 9.59 Å². The van der Waals surface area contributed by atoms with Crippen LogP contribution in [-0.2, 0) is 9.53 Å². The van der Waals surface area contributed by atoms with Crippen LogP contribution >= 0.6 is 23.1 Å². The summed E-state index contributed by atoms with van der Waals surface area (Å²) in [4.78, 5) is 36.9. The highest BCUT2D eigenvalue weighted by atomic mass is 32.2. The van der Waals surface area contributed by atoms with Gasteiger partial charge in [-0.3, -0.25) is 4.79 Å². The van der Waals surface area contributed by atoms with Crippen LogP contribution in [0, 0.1) is 0 Å². The number of aromatic nitrogens is 3. The Labute approximate surface area is 175 Å². The third-order valence-electron chi connectivity index (χ3n) is 3.75. The van der Waals surface area contributed by atoms with E-state index in [0.29, 0.717) is 10.3 Å². The largest absolute Gasteiger partial charge is 0.462 e. The number of thioether (sulfide) groups is 1. The van der Waals surface area contributed by atoms with Crippen LogP contribution in [0.25, 0.3) is 11.3 Å². The molecule has 1 aromatic carbocycles. The lowest BCUT2D eigenvalue weighted by molar-refractivity contribution is -0.115. The summed E-state index contributed by atoms with van der Waals surface area (Å²) in [5, 5.41) is 5.00. The number of hydrogen-bond acceptors (Lipinski definition) is 9. The zero-order chi connectivity index (χ0) is 20.8. The second-order valence-corrected chi connectivity index (χ2v) is 7.99. The van der Waals surface area contributed by atoms with Gasteiger partial charge in [-0.2, -0.15) is 0 Å². The maximum Gasteiger partial charge on any atom is 0.343 e. The summed E-state index contributed by atoms with van der Waals surface area (Å²) in [7, 11) is 0. The van der Waals surface area contributed by atoms with Gasteiger partial charge in [-0.05, 0) is 13.8 Å². The van der Waals surface area contributed by atoms with Gasteiger partial charge in [0.15, 0.2) is 10.3 Å². The van der Waals surface area contributed by atoms with Gasteiger partial charge in [-0.15, -0.1) is 11.3 Å². The molecule has 0 unspecified atom stereocenters. The molecule has 3 N–H and O–H groups in total. The van der Waals surface area contributed by atoms with Crippen molar-refractivity contribution in [1.29, 1.82) is 0 Å². The second kappa shape index (κ2) is 9.48. The monoisotopic (exact) mass is 429 g/mol. The van der Waals surface area contributed by atoms with Gasteiger partial charge in [0.05, 0.1) is 17.6 Å². The minimum atomic E-state index is -0.578. The lowest BCUT2D eigenvalue weighted by Crippen LogP contribution is -2.22. The number of rotatable bonds is 7.